The van der Waals surface area contributed by atoms with E-state index >= 15 is 0 Å². The van der Waals surface area contributed by atoms with Crippen LogP contribution in [0.15, 0.2) is 53.2 Å². The summed E-state index contributed by atoms with van der Waals surface area (Å²) in [6.45, 7) is 2.17. The molecule has 0 aliphatic carbocycles. The van der Waals surface area contributed by atoms with E-state index in [1.165, 1.54) is 23.5 Å². The van der Waals surface area contributed by atoms with Crippen LogP contribution in [-0.2, 0) is 9.59 Å². The zero-order chi connectivity index (χ0) is 17.4. The Morgan fingerprint density at radius 3 is 2.33 bits per heavy atom. The van der Waals surface area contributed by atoms with Crippen LogP contribution in [0.5, 0.6) is 0 Å². The van der Waals surface area contributed by atoms with Gasteiger partial charge in [-0.1, -0.05) is 30.3 Å². The van der Waals surface area contributed by atoms with Crippen molar-refractivity contribution in [3.63, 3.8) is 0 Å². The summed E-state index contributed by atoms with van der Waals surface area (Å²) in [6.07, 6.45) is 6.88. The number of aliphatic carboxylic acids is 2. The van der Waals surface area contributed by atoms with Gasteiger partial charge >= 0.3 is 11.9 Å². The maximum atomic E-state index is 9.55. The predicted octanol–water partition coefficient (Wildman–Crippen LogP) is 2.64. The number of amidine groups is 1. The van der Waals surface area contributed by atoms with Crippen LogP contribution < -0.4 is 0 Å². The molecule has 2 N–H and O–H groups in total. The predicted molar refractivity (Wildman–Crippen MR) is 91.7 cm³/mol. The molecule has 126 valence electrons. The molecule has 1 aromatic rings. The number of hydrogen-bond acceptors (Lipinski definition) is 4. The third-order valence-electron chi connectivity index (χ3n) is 3.60. The number of allylic oxidation sites excluding steroid dienone is 1. The van der Waals surface area contributed by atoms with Crippen molar-refractivity contribution in [2.45, 2.75) is 19.3 Å². The summed E-state index contributed by atoms with van der Waals surface area (Å²) >= 11 is 0. The first kappa shape index (κ1) is 17.5. The lowest BCUT2D eigenvalue weighted by Crippen LogP contribution is -2.29. The molecule has 0 aromatic heterocycles. The van der Waals surface area contributed by atoms with E-state index in [9.17, 15) is 9.59 Å². The second kappa shape index (κ2) is 8.67. The number of fused-ring (bicyclic) bond motifs is 1. The minimum Gasteiger partial charge on any atom is -0.478 e. The van der Waals surface area contributed by atoms with Gasteiger partial charge in [0.2, 0.25) is 0 Å². The van der Waals surface area contributed by atoms with Gasteiger partial charge in [0.25, 0.3) is 0 Å². The van der Waals surface area contributed by atoms with Gasteiger partial charge in [-0.05, 0) is 24.5 Å². The van der Waals surface area contributed by atoms with Crippen LogP contribution in [0.3, 0.4) is 0 Å². The molecule has 0 atom stereocenters. The van der Waals surface area contributed by atoms with Crippen molar-refractivity contribution in [3.05, 3.63) is 53.7 Å². The highest BCUT2D eigenvalue weighted by molar-refractivity contribution is 5.89. The molecule has 0 saturated carbocycles. The third kappa shape index (κ3) is 5.39. The number of nitrogens with zero attached hydrogens (tertiary/aromatic N) is 2. The zero-order valence-electron chi connectivity index (χ0n) is 13.3. The molecule has 0 radical (unpaired) electrons. The van der Waals surface area contributed by atoms with Crippen LogP contribution in [0.2, 0.25) is 0 Å². The molecule has 0 amide bonds. The van der Waals surface area contributed by atoms with Crippen molar-refractivity contribution in [2.24, 2.45) is 4.99 Å². The summed E-state index contributed by atoms with van der Waals surface area (Å²) in [5.74, 6) is -1.21. The van der Waals surface area contributed by atoms with E-state index in [1.54, 1.807) is 0 Å². The van der Waals surface area contributed by atoms with Crippen LogP contribution in [0.25, 0.3) is 6.08 Å². The van der Waals surface area contributed by atoms with Crippen LogP contribution in [0, 0.1) is 0 Å². The molecular weight excluding hydrogens is 308 g/mol. The molecule has 24 heavy (non-hydrogen) atoms. The minimum absolute atomic E-state index is 0.558. The number of aliphatic imine (C=N–C) groups is 1. The lowest BCUT2D eigenvalue weighted by Gasteiger charge is -2.24. The van der Waals surface area contributed by atoms with E-state index in [2.05, 4.69) is 46.3 Å². The van der Waals surface area contributed by atoms with Crippen LogP contribution in [-0.4, -0.2) is 46.0 Å². The van der Waals surface area contributed by atoms with Crippen LogP contribution in [0.4, 0.5) is 0 Å². The van der Waals surface area contributed by atoms with Crippen molar-refractivity contribution in [1.29, 1.82) is 0 Å². The molecule has 0 spiro atoms. The van der Waals surface area contributed by atoms with Crippen molar-refractivity contribution in [2.75, 3.05) is 13.1 Å². The summed E-state index contributed by atoms with van der Waals surface area (Å²) in [4.78, 5) is 26.1. The molecule has 3 rings (SSSR count). The molecule has 2 heterocycles. The molecule has 1 aromatic carbocycles. The van der Waals surface area contributed by atoms with Crippen molar-refractivity contribution in [1.82, 2.24) is 4.90 Å². The fourth-order valence-corrected chi connectivity index (χ4v) is 2.58. The van der Waals surface area contributed by atoms with E-state index < -0.39 is 11.9 Å². The monoisotopic (exact) mass is 328 g/mol. The molecule has 1 saturated heterocycles. The summed E-state index contributed by atoms with van der Waals surface area (Å²) in [5, 5.41) is 15.6. The maximum absolute atomic E-state index is 9.55. The van der Waals surface area contributed by atoms with E-state index in [4.69, 9.17) is 10.2 Å². The summed E-state index contributed by atoms with van der Waals surface area (Å²) < 4.78 is 0. The van der Waals surface area contributed by atoms with Crippen LogP contribution in [0.1, 0.15) is 24.8 Å². The minimum atomic E-state index is -1.26. The van der Waals surface area contributed by atoms with E-state index in [-0.39, 0.29) is 0 Å². The third-order valence-corrected chi connectivity index (χ3v) is 3.60. The number of hydrogen-bond donors (Lipinski definition) is 2. The highest BCUT2D eigenvalue weighted by Crippen LogP contribution is 2.27. The Hall–Kier alpha value is -2.89. The SMILES string of the molecule is C(=C1/CCC2=NCCCN21)/c1ccccc1.O=C(O)/C=C/C(=O)O. The standard InChI is InChI=1S/C14H16N2.C4H4O4/c1-2-5-12(6-3-1)11-13-7-8-14-15-9-4-10-16(13)14;5-3(6)1-2-4(7)8/h1-3,5-6,11H,4,7-10H2;1-2H,(H,5,6)(H,7,8)/b13-11+;2-1+. The Morgan fingerprint density at radius 1 is 1.04 bits per heavy atom. The second-order valence-corrected chi connectivity index (χ2v) is 5.36. The van der Waals surface area contributed by atoms with Gasteiger partial charge in [-0.25, -0.2) is 9.59 Å². The Balaban J connectivity index is 0.000000224. The zero-order valence-corrected chi connectivity index (χ0v) is 13.3. The molecule has 1 fully saturated rings. The summed E-state index contributed by atoms with van der Waals surface area (Å²) in [6, 6.07) is 10.6. The van der Waals surface area contributed by atoms with Gasteiger partial charge in [-0.15, -0.1) is 0 Å². The van der Waals surface area contributed by atoms with Crippen molar-refractivity contribution >= 4 is 23.9 Å². The smallest absolute Gasteiger partial charge is 0.328 e. The average Bonchev–Trinajstić information content (AvgIpc) is 2.98. The normalized spacial score (nSPS) is 17.9. The molecular formula is C18H20N2O4. The average molecular weight is 328 g/mol. The first-order valence-electron chi connectivity index (χ1n) is 7.76. The highest BCUT2D eigenvalue weighted by atomic mass is 16.4. The van der Waals surface area contributed by atoms with E-state index in [1.807, 2.05) is 0 Å². The van der Waals surface area contributed by atoms with E-state index in [0.29, 0.717) is 12.2 Å². The van der Waals surface area contributed by atoms with Gasteiger partial charge in [0, 0.05) is 37.4 Å². The molecule has 2 aliphatic rings. The molecule has 6 heteroatoms. The number of benzene rings is 1. The Bertz CT molecular complexity index is 662. The first-order chi connectivity index (χ1) is 11.6. The number of carbonyl (C=O) groups is 2. The Kier molecular flexibility index (Phi) is 6.31. The van der Waals surface area contributed by atoms with Gasteiger partial charge in [-0.2, -0.15) is 0 Å². The Morgan fingerprint density at radius 2 is 1.71 bits per heavy atom. The topological polar surface area (TPSA) is 90.2 Å². The van der Waals surface area contributed by atoms with Crippen LogP contribution >= 0.6 is 0 Å². The second-order valence-electron chi connectivity index (χ2n) is 5.36. The number of carboxylic acid groups (broad SMARTS) is 2. The quantitative estimate of drug-likeness (QED) is 0.833. The first-order valence-corrected chi connectivity index (χ1v) is 7.76. The van der Waals surface area contributed by atoms with E-state index in [0.717, 1.165) is 25.9 Å². The van der Waals surface area contributed by atoms with Crippen molar-refractivity contribution in [3.8, 4) is 0 Å². The molecule has 0 bridgehead atoms. The van der Waals surface area contributed by atoms with Gasteiger partial charge in [0.05, 0.1) is 0 Å². The summed E-state index contributed by atoms with van der Waals surface area (Å²) in [5.41, 5.74) is 2.73. The van der Waals surface area contributed by atoms with Gasteiger partial charge in [0.15, 0.2) is 0 Å². The molecule has 2 aliphatic heterocycles. The molecule has 6 nitrogen and oxygen atoms in total. The van der Waals surface area contributed by atoms with Gasteiger partial charge < -0.3 is 15.1 Å². The lowest BCUT2D eigenvalue weighted by atomic mass is 10.1. The molecule has 0 unspecified atom stereocenters. The lowest BCUT2D eigenvalue weighted by molar-refractivity contribution is -0.134. The largest absolute Gasteiger partial charge is 0.478 e. The van der Waals surface area contributed by atoms with Crippen molar-refractivity contribution < 1.29 is 19.8 Å². The fourth-order valence-electron chi connectivity index (χ4n) is 2.58. The highest BCUT2D eigenvalue weighted by Gasteiger charge is 2.25. The summed E-state index contributed by atoms with van der Waals surface area (Å²) in [7, 11) is 0. The van der Waals surface area contributed by atoms with Gasteiger partial charge in [0.1, 0.15) is 5.84 Å². The van der Waals surface area contributed by atoms with Gasteiger partial charge in [-0.3, -0.25) is 4.99 Å². The fraction of sp³-hybridized carbons (Fsp3) is 0.278. The maximum Gasteiger partial charge on any atom is 0.328 e. The number of carboxylic acids is 2. The number of rotatable bonds is 3. The Labute approximate surface area is 140 Å².